The van der Waals surface area contributed by atoms with Gasteiger partial charge >= 0.3 is 0 Å². The molecule has 0 atom stereocenters. The van der Waals surface area contributed by atoms with E-state index in [4.69, 9.17) is 10.5 Å². The molecule has 0 radical (unpaired) electrons. The summed E-state index contributed by atoms with van der Waals surface area (Å²) in [7, 11) is 0. The Balaban J connectivity index is 2.28. The molecule has 0 saturated heterocycles. The van der Waals surface area contributed by atoms with Crippen molar-refractivity contribution >= 4 is 11.8 Å². The Labute approximate surface area is 118 Å². The summed E-state index contributed by atoms with van der Waals surface area (Å²) < 4.78 is 5.40. The molecule has 0 fully saturated rings. The van der Waals surface area contributed by atoms with Crippen LogP contribution >= 0.6 is 0 Å². The SMILES string of the molecule is CCNC(=O)CCNC(=O)COc1ccccc1CN. The van der Waals surface area contributed by atoms with E-state index in [2.05, 4.69) is 10.6 Å². The van der Waals surface area contributed by atoms with Crippen LogP contribution in [0.5, 0.6) is 5.75 Å². The minimum atomic E-state index is -0.263. The molecule has 0 aliphatic heterocycles. The number of benzene rings is 1. The Morgan fingerprint density at radius 1 is 1.20 bits per heavy atom. The molecule has 2 amide bonds. The second-order valence-corrected chi connectivity index (χ2v) is 4.15. The molecule has 110 valence electrons. The number of hydrogen-bond donors (Lipinski definition) is 3. The Kier molecular flexibility index (Phi) is 7.13. The molecular weight excluding hydrogens is 258 g/mol. The zero-order valence-electron chi connectivity index (χ0n) is 11.6. The Morgan fingerprint density at radius 2 is 1.95 bits per heavy atom. The number of carbonyl (C=O) groups is 2. The number of hydrogen-bond acceptors (Lipinski definition) is 4. The molecule has 0 bridgehead atoms. The predicted molar refractivity (Wildman–Crippen MR) is 76.1 cm³/mol. The number of rotatable bonds is 8. The summed E-state index contributed by atoms with van der Waals surface area (Å²) in [6.45, 7) is 3.00. The lowest BCUT2D eigenvalue weighted by Crippen LogP contribution is -2.33. The first-order valence-corrected chi connectivity index (χ1v) is 6.61. The molecule has 0 heterocycles. The number of para-hydroxylation sites is 1. The highest BCUT2D eigenvalue weighted by atomic mass is 16.5. The zero-order chi connectivity index (χ0) is 14.8. The molecule has 0 unspecified atom stereocenters. The molecule has 1 rings (SSSR count). The molecule has 1 aromatic rings. The lowest BCUT2D eigenvalue weighted by Gasteiger charge is -2.10. The molecule has 4 N–H and O–H groups in total. The first-order chi connectivity index (χ1) is 9.67. The molecule has 0 spiro atoms. The van der Waals surface area contributed by atoms with Crippen molar-refractivity contribution in [1.82, 2.24) is 10.6 Å². The van der Waals surface area contributed by atoms with Crippen LogP contribution in [0.3, 0.4) is 0 Å². The van der Waals surface area contributed by atoms with Gasteiger partial charge in [0.05, 0.1) is 0 Å². The fourth-order valence-corrected chi connectivity index (χ4v) is 1.61. The van der Waals surface area contributed by atoms with E-state index in [0.717, 1.165) is 5.56 Å². The average molecular weight is 279 g/mol. The van der Waals surface area contributed by atoms with Crippen molar-refractivity contribution in [2.24, 2.45) is 5.73 Å². The zero-order valence-corrected chi connectivity index (χ0v) is 11.6. The van der Waals surface area contributed by atoms with Gasteiger partial charge < -0.3 is 21.1 Å². The van der Waals surface area contributed by atoms with Crippen LogP contribution in [-0.4, -0.2) is 31.5 Å². The second kappa shape index (κ2) is 8.92. The summed E-state index contributed by atoms with van der Waals surface area (Å²) in [5, 5.41) is 5.28. The van der Waals surface area contributed by atoms with E-state index >= 15 is 0 Å². The molecule has 0 saturated carbocycles. The smallest absolute Gasteiger partial charge is 0.257 e. The second-order valence-electron chi connectivity index (χ2n) is 4.15. The van der Waals surface area contributed by atoms with Gasteiger partial charge in [0.15, 0.2) is 6.61 Å². The summed E-state index contributed by atoms with van der Waals surface area (Å²) in [6, 6.07) is 7.30. The van der Waals surface area contributed by atoms with Crippen LogP contribution in [0.15, 0.2) is 24.3 Å². The maximum absolute atomic E-state index is 11.6. The third-order valence-corrected chi connectivity index (χ3v) is 2.60. The van der Waals surface area contributed by atoms with Crippen molar-refractivity contribution < 1.29 is 14.3 Å². The molecule has 0 aliphatic carbocycles. The molecule has 0 aliphatic rings. The van der Waals surface area contributed by atoms with Crippen molar-refractivity contribution in [2.75, 3.05) is 19.7 Å². The Hall–Kier alpha value is -2.08. The van der Waals surface area contributed by atoms with E-state index in [1.54, 1.807) is 6.07 Å². The third-order valence-electron chi connectivity index (χ3n) is 2.60. The summed E-state index contributed by atoms with van der Waals surface area (Å²) >= 11 is 0. The molecular formula is C14H21N3O3. The van der Waals surface area contributed by atoms with Gasteiger partial charge in [-0.05, 0) is 13.0 Å². The standard InChI is InChI=1S/C14H21N3O3/c1-2-16-13(18)7-8-17-14(19)10-20-12-6-4-3-5-11(12)9-15/h3-6H,2,7-10,15H2,1H3,(H,16,18)(H,17,19). The lowest BCUT2D eigenvalue weighted by atomic mass is 10.2. The summed E-state index contributed by atoms with van der Waals surface area (Å²) in [5.74, 6) is 0.261. The van der Waals surface area contributed by atoms with Crippen LogP contribution in [-0.2, 0) is 16.1 Å². The molecule has 6 heteroatoms. The molecule has 20 heavy (non-hydrogen) atoms. The topological polar surface area (TPSA) is 93.5 Å². The normalized spacial score (nSPS) is 9.90. The van der Waals surface area contributed by atoms with Crippen LogP contribution in [0.1, 0.15) is 18.9 Å². The maximum Gasteiger partial charge on any atom is 0.257 e. The monoisotopic (exact) mass is 279 g/mol. The van der Waals surface area contributed by atoms with E-state index in [1.807, 2.05) is 25.1 Å². The minimum absolute atomic E-state index is 0.0813. The van der Waals surface area contributed by atoms with Crippen molar-refractivity contribution in [2.45, 2.75) is 19.9 Å². The maximum atomic E-state index is 11.6. The Morgan fingerprint density at radius 3 is 2.65 bits per heavy atom. The molecule has 6 nitrogen and oxygen atoms in total. The minimum Gasteiger partial charge on any atom is -0.483 e. The van der Waals surface area contributed by atoms with Gasteiger partial charge in [-0.3, -0.25) is 9.59 Å². The van der Waals surface area contributed by atoms with E-state index in [1.165, 1.54) is 0 Å². The van der Waals surface area contributed by atoms with Crippen molar-refractivity contribution in [3.05, 3.63) is 29.8 Å². The number of amides is 2. The highest BCUT2D eigenvalue weighted by molar-refractivity contribution is 5.79. The van der Waals surface area contributed by atoms with E-state index < -0.39 is 0 Å². The fourth-order valence-electron chi connectivity index (χ4n) is 1.61. The van der Waals surface area contributed by atoms with Crippen LogP contribution < -0.4 is 21.1 Å². The number of nitrogens with one attached hydrogen (secondary N) is 2. The lowest BCUT2D eigenvalue weighted by molar-refractivity contribution is -0.123. The summed E-state index contributed by atoms with van der Waals surface area (Å²) in [6.07, 6.45) is 0.263. The summed E-state index contributed by atoms with van der Waals surface area (Å²) in [4.78, 5) is 22.7. The van der Waals surface area contributed by atoms with E-state index in [9.17, 15) is 9.59 Å². The van der Waals surface area contributed by atoms with Gasteiger partial charge in [0.2, 0.25) is 5.91 Å². The van der Waals surface area contributed by atoms with Gasteiger partial charge in [0.1, 0.15) is 5.75 Å². The van der Waals surface area contributed by atoms with Crippen LogP contribution in [0, 0.1) is 0 Å². The number of carbonyl (C=O) groups excluding carboxylic acids is 2. The average Bonchev–Trinajstić information content (AvgIpc) is 2.45. The van der Waals surface area contributed by atoms with Gasteiger partial charge in [0.25, 0.3) is 5.91 Å². The highest BCUT2D eigenvalue weighted by Crippen LogP contribution is 2.16. The van der Waals surface area contributed by atoms with Crippen molar-refractivity contribution in [1.29, 1.82) is 0 Å². The van der Waals surface area contributed by atoms with Gasteiger partial charge in [-0.25, -0.2) is 0 Å². The van der Waals surface area contributed by atoms with Crippen LogP contribution in [0.2, 0.25) is 0 Å². The number of nitrogens with two attached hydrogens (primary N) is 1. The van der Waals surface area contributed by atoms with Gasteiger partial charge in [-0.1, -0.05) is 18.2 Å². The van der Waals surface area contributed by atoms with Crippen molar-refractivity contribution in [3.8, 4) is 5.75 Å². The summed E-state index contributed by atoms with van der Waals surface area (Å²) in [5.41, 5.74) is 6.42. The number of ether oxygens (including phenoxy) is 1. The van der Waals surface area contributed by atoms with Gasteiger partial charge in [0, 0.05) is 31.6 Å². The largest absolute Gasteiger partial charge is 0.483 e. The predicted octanol–water partition coefficient (Wildman–Crippen LogP) is 0.167. The van der Waals surface area contributed by atoms with Crippen LogP contribution in [0.25, 0.3) is 0 Å². The van der Waals surface area contributed by atoms with Gasteiger partial charge in [-0.15, -0.1) is 0 Å². The Bertz CT molecular complexity index is 449. The third kappa shape index (κ3) is 5.71. The quantitative estimate of drug-likeness (QED) is 0.632. The molecule has 0 aromatic heterocycles. The van der Waals surface area contributed by atoms with Crippen molar-refractivity contribution in [3.63, 3.8) is 0 Å². The van der Waals surface area contributed by atoms with Gasteiger partial charge in [-0.2, -0.15) is 0 Å². The fraction of sp³-hybridized carbons (Fsp3) is 0.429. The van der Waals surface area contributed by atoms with E-state index in [0.29, 0.717) is 25.4 Å². The van der Waals surface area contributed by atoms with Crippen LogP contribution in [0.4, 0.5) is 0 Å². The first-order valence-electron chi connectivity index (χ1n) is 6.61. The van der Waals surface area contributed by atoms with E-state index in [-0.39, 0.29) is 24.8 Å². The first kappa shape index (κ1) is 16.0. The molecule has 1 aromatic carbocycles. The highest BCUT2D eigenvalue weighted by Gasteiger charge is 2.06.